The second-order valence-electron chi connectivity index (χ2n) is 3.66. The first-order valence-corrected chi connectivity index (χ1v) is 5.49. The van der Waals surface area contributed by atoms with Gasteiger partial charge in [0.2, 0.25) is 0 Å². The summed E-state index contributed by atoms with van der Waals surface area (Å²) in [6.45, 7) is 0.990. The summed E-state index contributed by atoms with van der Waals surface area (Å²) in [4.78, 5) is 0. The van der Waals surface area contributed by atoms with Crippen LogP contribution < -0.4 is 20.1 Å². The van der Waals surface area contributed by atoms with E-state index < -0.39 is 6.10 Å². The summed E-state index contributed by atoms with van der Waals surface area (Å²) >= 11 is 0. The number of aliphatic hydroxyl groups is 1. The van der Waals surface area contributed by atoms with Gasteiger partial charge in [-0.05, 0) is 19.2 Å². The lowest BCUT2D eigenvalue weighted by atomic mass is 10.2. The normalized spacial score (nSPS) is 12.0. The third-order valence-corrected chi connectivity index (χ3v) is 2.37. The van der Waals surface area contributed by atoms with Crippen LogP contribution in [0, 0.1) is 0 Å². The van der Waals surface area contributed by atoms with Crippen LogP contribution in [0.3, 0.4) is 0 Å². The molecular weight excluding hydrogens is 220 g/mol. The lowest BCUT2D eigenvalue weighted by molar-refractivity contribution is 0.187. The van der Waals surface area contributed by atoms with Gasteiger partial charge in [-0.2, -0.15) is 0 Å². The molecule has 17 heavy (non-hydrogen) atoms. The van der Waals surface area contributed by atoms with Gasteiger partial charge in [-0.15, -0.1) is 0 Å². The van der Waals surface area contributed by atoms with Gasteiger partial charge in [-0.1, -0.05) is 0 Å². The second kappa shape index (κ2) is 6.98. The van der Waals surface area contributed by atoms with Crippen molar-refractivity contribution in [1.82, 2.24) is 5.32 Å². The fraction of sp³-hybridized carbons (Fsp3) is 0.500. The van der Waals surface area contributed by atoms with Crippen LogP contribution in [0.25, 0.3) is 0 Å². The molecule has 0 spiro atoms. The van der Waals surface area contributed by atoms with Crippen LogP contribution in [0.1, 0.15) is 0 Å². The van der Waals surface area contributed by atoms with Crippen LogP contribution in [0.15, 0.2) is 18.2 Å². The van der Waals surface area contributed by atoms with Crippen molar-refractivity contribution >= 4 is 5.69 Å². The van der Waals surface area contributed by atoms with Gasteiger partial charge in [0.25, 0.3) is 0 Å². The summed E-state index contributed by atoms with van der Waals surface area (Å²) in [5, 5.41) is 15.6. The Morgan fingerprint density at radius 2 is 2.00 bits per heavy atom. The fourth-order valence-corrected chi connectivity index (χ4v) is 1.49. The zero-order chi connectivity index (χ0) is 12.7. The molecule has 0 saturated carbocycles. The van der Waals surface area contributed by atoms with Crippen molar-refractivity contribution in [2.75, 3.05) is 39.7 Å². The van der Waals surface area contributed by atoms with Crippen molar-refractivity contribution in [1.29, 1.82) is 0 Å². The van der Waals surface area contributed by atoms with Crippen LogP contribution in [0.5, 0.6) is 11.5 Å². The first-order chi connectivity index (χ1) is 8.21. The molecule has 0 aliphatic rings. The molecule has 1 aromatic rings. The van der Waals surface area contributed by atoms with Gasteiger partial charge in [0.05, 0.1) is 26.0 Å². The topological polar surface area (TPSA) is 62.8 Å². The lowest BCUT2D eigenvalue weighted by Gasteiger charge is -2.15. The van der Waals surface area contributed by atoms with Gasteiger partial charge in [0.15, 0.2) is 0 Å². The highest BCUT2D eigenvalue weighted by molar-refractivity contribution is 5.59. The number of methoxy groups -OCH3 is 2. The number of likely N-dealkylation sites (N-methyl/N-ethyl adjacent to an activating group) is 1. The Hall–Kier alpha value is -1.46. The van der Waals surface area contributed by atoms with Crippen LogP contribution >= 0.6 is 0 Å². The average Bonchev–Trinajstić information content (AvgIpc) is 2.36. The zero-order valence-corrected chi connectivity index (χ0v) is 10.5. The summed E-state index contributed by atoms with van der Waals surface area (Å²) in [7, 11) is 5.02. The Labute approximate surface area is 102 Å². The van der Waals surface area contributed by atoms with E-state index in [9.17, 15) is 5.11 Å². The van der Waals surface area contributed by atoms with Crippen LogP contribution in [-0.4, -0.2) is 45.6 Å². The molecule has 0 aliphatic carbocycles. The molecule has 5 nitrogen and oxygen atoms in total. The van der Waals surface area contributed by atoms with E-state index in [1.807, 2.05) is 18.2 Å². The predicted molar refractivity (Wildman–Crippen MR) is 68.0 cm³/mol. The van der Waals surface area contributed by atoms with E-state index in [1.54, 1.807) is 21.3 Å². The Kier molecular flexibility index (Phi) is 5.59. The molecule has 0 fully saturated rings. The Balaban J connectivity index is 2.67. The van der Waals surface area contributed by atoms with Crippen molar-refractivity contribution < 1.29 is 14.6 Å². The molecule has 1 atom stereocenters. The van der Waals surface area contributed by atoms with E-state index in [0.717, 1.165) is 17.2 Å². The van der Waals surface area contributed by atoms with Gasteiger partial charge < -0.3 is 25.2 Å². The summed E-state index contributed by atoms with van der Waals surface area (Å²) in [5.74, 6) is 1.47. The minimum Gasteiger partial charge on any atom is -0.497 e. The highest BCUT2D eigenvalue weighted by Gasteiger charge is 2.07. The minimum absolute atomic E-state index is 0.448. The van der Waals surface area contributed by atoms with Crippen molar-refractivity contribution in [3.63, 3.8) is 0 Å². The molecule has 0 aromatic heterocycles. The maximum Gasteiger partial charge on any atom is 0.142 e. The molecule has 0 heterocycles. The van der Waals surface area contributed by atoms with E-state index in [1.165, 1.54) is 0 Å². The molecule has 0 saturated heterocycles. The van der Waals surface area contributed by atoms with E-state index in [0.29, 0.717) is 13.1 Å². The molecule has 3 N–H and O–H groups in total. The SMILES string of the molecule is CNC[C@H](O)CNc1cc(OC)ccc1OC. The van der Waals surface area contributed by atoms with Crippen molar-refractivity contribution in [3.8, 4) is 11.5 Å². The summed E-state index contributed by atoms with van der Waals surface area (Å²) in [5.41, 5.74) is 0.807. The van der Waals surface area contributed by atoms with Crippen molar-refractivity contribution in [2.45, 2.75) is 6.10 Å². The number of aliphatic hydroxyl groups excluding tert-OH is 1. The van der Waals surface area contributed by atoms with Gasteiger partial charge >= 0.3 is 0 Å². The highest BCUT2D eigenvalue weighted by atomic mass is 16.5. The average molecular weight is 240 g/mol. The monoisotopic (exact) mass is 240 g/mol. The maximum atomic E-state index is 9.60. The molecular formula is C12H20N2O3. The number of benzene rings is 1. The van der Waals surface area contributed by atoms with Gasteiger partial charge in [-0.25, -0.2) is 0 Å². The highest BCUT2D eigenvalue weighted by Crippen LogP contribution is 2.28. The summed E-state index contributed by atoms with van der Waals surface area (Å²) in [6.07, 6.45) is -0.448. The van der Waals surface area contributed by atoms with Gasteiger partial charge in [0.1, 0.15) is 11.5 Å². The van der Waals surface area contributed by atoms with Crippen LogP contribution in [0.2, 0.25) is 0 Å². The van der Waals surface area contributed by atoms with E-state index in [4.69, 9.17) is 9.47 Å². The Bertz CT molecular complexity index is 345. The first-order valence-electron chi connectivity index (χ1n) is 5.49. The number of hydrogen-bond donors (Lipinski definition) is 3. The van der Waals surface area contributed by atoms with Gasteiger partial charge in [0, 0.05) is 19.2 Å². The minimum atomic E-state index is -0.448. The number of anilines is 1. The molecule has 0 aliphatic heterocycles. The molecule has 0 radical (unpaired) electrons. The molecule has 1 aromatic carbocycles. The Morgan fingerprint density at radius 3 is 2.59 bits per heavy atom. The zero-order valence-electron chi connectivity index (χ0n) is 10.5. The Morgan fingerprint density at radius 1 is 1.24 bits per heavy atom. The third kappa shape index (κ3) is 4.13. The lowest BCUT2D eigenvalue weighted by Crippen LogP contribution is -2.30. The van der Waals surface area contributed by atoms with Crippen molar-refractivity contribution in [3.05, 3.63) is 18.2 Å². The van der Waals surface area contributed by atoms with E-state index in [-0.39, 0.29) is 0 Å². The molecule has 0 bridgehead atoms. The quantitative estimate of drug-likeness (QED) is 0.654. The predicted octanol–water partition coefficient (Wildman–Crippen LogP) is 0.696. The van der Waals surface area contributed by atoms with Crippen LogP contribution in [-0.2, 0) is 0 Å². The fourth-order valence-electron chi connectivity index (χ4n) is 1.49. The number of hydrogen-bond acceptors (Lipinski definition) is 5. The van der Waals surface area contributed by atoms with E-state index in [2.05, 4.69) is 10.6 Å². The standard InChI is InChI=1S/C12H20N2O3/c1-13-7-9(15)8-14-11-6-10(16-2)4-5-12(11)17-3/h4-6,9,13-15H,7-8H2,1-3H3/t9-/m0/s1. The second-order valence-corrected chi connectivity index (χ2v) is 3.66. The molecule has 0 unspecified atom stereocenters. The largest absolute Gasteiger partial charge is 0.497 e. The third-order valence-electron chi connectivity index (χ3n) is 2.37. The van der Waals surface area contributed by atoms with E-state index >= 15 is 0 Å². The summed E-state index contributed by atoms with van der Waals surface area (Å²) < 4.78 is 10.4. The molecule has 5 heteroatoms. The summed E-state index contributed by atoms with van der Waals surface area (Å²) in [6, 6.07) is 5.49. The number of nitrogens with one attached hydrogen (secondary N) is 2. The number of ether oxygens (including phenoxy) is 2. The maximum absolute atomic E-state index is 9.60. The van der Waals surface area contributed by atoms with Gasteiger partial charge in [-0.3, -0.25) is 0 Å². The first kappa shape index (κ1) is 13.6. The molecule has 0 amide bonds. The van der Waals surface area contributed by atoms with Crippen molar-refractivity contribution in [2.24, 2.45) is 0 Å². The molecule has 1 rings (SSSR count). The molecule has 96 valence electrons. The van der Waals surface area contributed by atoms with Crippen LogP contribution in [0.4, 0.5) is 5.69 Å². The number of rotatable bonds is 7. The smallest absolute Gasteiger partial charge is 0.142 e.